The van der Waals surface area contributed by atoms with E-state index in [1.807, 2.05) is 0 Å². The molecule has 4 rings (SSSR count). The zero-order chi connectivity index (χ0) is 20.6. The molecule has 0 radical (unpaired) electrons. The molecule has 1 aliphatic carbocycles. The molecule has 29 heavy (non-hydrogen) atoms. The predicted octanol–water partition coefficient (Wildman–Crippen LogP) is 5.21. The van der Waals surface area contributed by atoms with Crippen LogP contribution in [0, 0.1) is 0 Å². The number of benzene rings is 2. The lowest BCUT2D eigenvalue weighted by molar-refractivity contribution is -0.137. The average molecular weight is 422 g/mol. The van der Waals surface area contributed by atoms with Crippen molar-refractivity contribution in [1.82, 2.24) is 15.1 Å². The van der Waals surface area contributed by atoms with Gasteiger partial charge in [-0.25, -0.2) is 0 Å². The van der Waals surface area contributed by atoms with E-state index < -0.39 is 11.7 Å². The van der Waals surface area contributed by atoms with E-state index in [1.54, 1.807) is 29.2 Å². The zero-order valence-corrected chi connectivity index (χ0v) is 15.7. The second kappa shape index (κ2) is 7.51. The van der Waals surface area contributed by atoms with Crippen LogP contribution in [0.5, 0.6) is 0 Å². The van der Waals surface area contributed by atoms with Gasteiger partial charge in [-0.1, -0.05) is 23.7 Å². The minimum atomic E-state index is -4.45. The summed E-state index contributed by atoms with van der Waals surface area (Å²) in [6, 6.07) is 11.2. The lowest BCUT2D eigenvalue weighted by Gasteiger charge is -2.20. The zero-order valence-electron chi connectivity index (χ0n) is 15.0. The summed E-state index contributed by atoms with van der Waals surface area (Å²) in [5.74, 6) is 0.0918. The fraction of sp³-hybridized carbons (Fsp3) is 0.250. The molecular formula is C20H15ClF3N3O2. The van der Waals surface area contributed by atoms with Crippen LogP contribution in [-0.4, -0.2) is 27.0 Å². The van der Waals surface area contributed by atoms with Gasteiger partial charge in [0.05, 0.1) is 22.7 Å². The Bertz CT molecular complexity index is 1030. The normalized spacial score (nSPS) is 14.1. The van der Waals surface area contributed by atoms with Crippen molar-refractivity contribution >= 4 is 17.5 Å². The van der Waals surface area contributed by atoms with Gasteiger partial charge in [-0.3, -0.25) is 4.79 Å². The number of nitrogens with zero attached hydrogens (tertiary/aromatic N) is 3. The third kappa shape index (κ3) is 4.27. The summed E-state index contributed by atoms with van der Waals surface area (Å²) in [4.78, 5) is 14.4. The molecule has 0 saturated heterocycles. The van der Waals surface area contributed by atoms with Crippen molar-refractivity contribution in [1.29, 1.82) is 0 Å². The second-order valence-electron chi connectivity index (χ2n) is 6.72. The first kappa shape index (κ1) is 19.4. The monoisotopic (exact) mass is 421 g/mol. The van der Waals surface area contributed by atoms with Crippen molar-refractivity contribution in [2.45, 2.75) is 31.6 Å². The maximum atomic E-state index is 12.9. The number of hydrogen-bond acceptors (Lipinski definition) is 4. The Kier molecular flexibility index (Phi) is 5.04. The van der Waals surface area contributed by atoms with Gasteiger partial charge in [-0.15, -0.1) is 10.2 Å². The van der Waals surface area contributed by atoms with Crippen LogP contribution in [0.25, 0.3) is 11.5 Å². The summed E-state index contributed by atoms with van der Waals surface area (Å²) < 4.78 is 43.9. The third-order valence-electron chi connectivity index (χ3n) is 4.58. The molecule has 0 bridgehead atoms. The maximum absolute atomic E-state index is 12.9. The van der Waals surface area contributed by atoms with Gasteiger partial charge in [-0.05, 0) is 49.2 Å². The summed E-state index contributed by atoms with van der Waals surface area (Å²) in [5.41, 5.74) is -0.0380. The van der Waals surface area contributed by atoms with Gasteiger partial charge in [-0.2, -0.15) is 13.2 Å². The first-order valence-electron chi connectivity index (χ1n) is 8.88. The topological polar surface area (TPSA) is 59.2 Å². The van der Waals surface area contributed by atoms with Crippen molar-refractivity contribution in [3.63, 3.8) is 0 Å². The van der Waals surface area contributed by atoms with Crippen molar-refractivity contribution in [2.75, 3.05) is 0 Å². The van der Waals surface area contributed by atoms with Gasteiger partial charge in [0, 0.05) is 11.6 Å². The van der Waals surface area contributed by atoms with E-state index in [-0.39, 0.29) is 35.8 Å². The van der Waals surface area contributed by atoms with Crippen molar-refractivity contribution in [3.05, 3.63) is 70.6 Å². The van der Waals surface area contributed by atoms with Gasteiger partial charge < -0.3 is 9.32 Å². The van der Waals surface area contributed by atoms with E-state index >= 15 is 0 Å². The van der Waals surface area contributed by atoms with Gasteiger partial charge >= 0.3 is 6.18 Å². The number of halogens is 4. The van der Waals surface area contributed by atoms with Crippen LogP contribution in [-0.2, 0) is 12.7 Å². The number of amides is 1. The Morgan fingerprint density at radius 3 is 2.41 bits per heavy atom. The van der Waals surface area contributed by atoms with E-state index in [0.29, 0.717) is 10.6 Å². The molecule has 0 unspecified atom stereocenters. The molecule has 0 N–H and O–H groups in total. The van der Waals surface area contributed by atoms with Gasteiger partial charge in [0.15, 0.2) is 0 Å². The highest BCUT2D eigenvalue weighted by Gasteiger charge is 2.35. The number of rotatable bonds is 5. The maximum Gasteiger partial charge on any atom is 0.416 e. The van der Waals surface area contributed by atoms with Crippen molar-refractivity contribution in [2.24, 2.45) is 0 Å². The molecule has 1 aromatic heterocycles. The largest absolute Gasteiger partial charge is 0.419 e. The Morgan fingerprint density at radius 1 is 1.10 bits per heavy atom. The fourth-order valence-electron chi connectivity index (χ4n) is 2.93. The second-order valence-corrected chi connectivity index (χ2v) is 7.13. The van der Waals surface area contributed by atoms with Crippen LogP contribution in [0.3, 0.4) is 0 Å². The Hall–Kier alpha value is -2.87. The van der Waals surface area contributed by atoms with E-state index in [2.05, 4.69) is 10.2 Å². The number of carbonyl (C=O) groups excluding carboxylic acids is 1. The van der Waals surface area contributed by atoms with Gasteiger partial charge in [0.1, 0.15) is 0 Å². The first-order valence-corrected chi connectivity index (χ1v) is 9.26. The predicted molar refractivity (Wildman–Crippen MR) is 99.1 cm³/mol. The van der Waals surface area contributed by atoms with Crippen LogP contribution in [0.4, 0.5) is 13.2 Å². The Balaban J connectivity index is 1.53. The summed E-state index contributed by atoms with van der Waals surface area (Å²) in [5, 5.41) is 8.44. The minimum Gasteiger partial charge on any atom is -0.419 e. The highest BCUT2D eigenvalue weighted by molar-refractivity contribution is 6.33. The number of aromatic nitrogens is 2. The minimum absolute atomic E-state index is 0.000422. The SMILES string of the molecule is O=C(c1ccc(C(F)(F)F)cc1)N(Cc1nnc(-c2ccccc2Cl)o1)C1CC1. The Morgan fingerprint density at radius 2 is 1.79 bits per heavy atom. The third-order valence-corrected chi connectivity index (χ3v) is 4.91. The number of hydrogen-bond donors (Lipinski definition) is 0. The number of carbonyl (C=O) groups is 1. The number of alkyl halides is 3. The molecule has 2 aromatic carbocycles. The summed E-state index contributed by atoms with van der Waals surface area (Å²) in [6.45, 7) is 0.0714. The van der Waals surface area contributed by atoms with Crippen molar-refractivity contribution < 1.29 is 22.4 Å². The summed E-state index contributed by atoms with van der Waals surface area (Å²) >= 11 is 6.14. The molecule has 9 heteroatoms. The van der Waals surface area contributed by atoms with E-state index in [9.17, 15) is 18.0 Å². The molecule has 0 atom stereocenters. The highest BCUT2D eigenvalue weighted by atomic mass is 35.5. The van der Waals surface area contributed by atoms with E-state index in [1.165, 1.54) is 12.1 Å². The molecule has 5 nitrogen and oxygen atoms in total. The van der Waals surface area contributed by atoms with Gasteiger partial charge in [0.25, 0.3) is 5.91 Å². The van der Waals surface area contributed by atoms with Crippen LogP contribution >= 0.6 is 11.6 Å². The lowest BCUT2D eigenvalue weighted by Crippen LogP contribution is -2.32. The molecule has 1 amide bonds. The summed E-state index contributed by atoms with van der Waals surface area (Å²) in [6.07, 6.45) is -2.81. The first-order chi connectivity index (χ1) is 13.8. The van der Waals surface area contributed by atoms with Crippen LogP contribution < -0.4 is 0 Å². The molecule has 0 aliphatic heterocycles. The lowest BCUT2D eigenvalue weighted by atomic mass is 10.1. The van der Waals surface area contributed by atoms with Crippen LogP contribution in [0.15, 0.2) is 52.9 Å². The quantitative estimate of drug-likeness (QED) is 0.567. The van der Waals surface area contributed by atoms with E-state index in [0.717, 1.165) is 25.0 Å². The van der Waals surface area contributed by atoms with Crippen molar-refractivity contribution in [3.8, 4) is 11.5 Å². The molecule has 1 saturated carbocycles. The molecule has 0 spiro atoms. The van der Waals surface area contributed by atoms with Crippen LogP contribution in [0.1, 0.15) is 34.7 Å². The van der Waals surface area contributed by atoms with Gasteiger partial charge in [0.2, 0.25) is 11.8 Å². The fourth-order valence-corrected chi connectivity index (χ4v) is 3.14. The smallest absolute Gasteiger partial charge is 0.416 e. The molecule has 3 aromatic rings. The van der Waals surface area contributed by atoms with Crippen LogP contribution in [0.2, 0.25) is 5.02 Å². The summed E-state index contributed by atoms with van der Waals surface area (Å²) in [7, 11) is 0. The van der Waals surface area contributed by atoms with E-state index in [4.69, 9.17) is 16.0 Å². The molecule has 1 heterocycles. The molecule has 1 aliphatic rings. The average Bonchev–Trinajstić information content (AvgIpc) is 3.43. The Labute approximate surface area is 169 Å². The molecular weight excluding hydrogens is 407 g/mol. The molecule has 150 valence electrons. The highest BCUT2D eigenvalue weighted by Crippen LogP contribution is 2.32. The molecule has 1 fully saturated rings. The standard InChI is InChI=1S/C20H15ClF3N3O2/c21-16-4-2-1-3-15(16)18-26-25-17(29-18)11-27(14-9-10-14)19(28)12-5-7-13(8-6-12)20(22,23)24/h1-8,14H,9-11H2.